The van der Waals surface area contributed by atoms with Crippen LogP contribution < -0.4 is 10.6 Å². The quantitative estimate of drug-likeness (QED) is 0.299. The molecule has 0 saturated heterocycles. The lowest BCUT2D eigenvalue weighted by atomic mass is 9.89. The van der Waals surface area contributed by atoms with Crippen LogP contribution in [0.25, 0.3) is 0 Å². The third-order valence-electron chi connectivity index (χ3n) is 6.00. The van der Waals surface area contributed by atoms with Crippen molar-refractivity contribution < 1.29 is 22.4 Å². The van der Waals surface area contributed by atoms with E-state index in [1.165, 1.54) is 34.6 Å². The molecular formula is C26H22F3N3O2S. The molecule has 1 amide bonds. The zero-order chi connectivity index (χ0) is 24.4. The molecule has 3 aromatic heterocycles. The number of thiophene rings is 1. The lowest BCUT2D eigenvalue weighted by Gasteiger charge is -2.24. The first-order valence-electron chi connectivity index (χ1n) is 11.2. The fourth-order valence-electron chi connectivity index (χ4n) is 4.34. The summed E-state index contributed by atoms with van der Waals surface area (Å²) >= 11 is 1.51. The predicted molar refractivity (Wildman–Crippen MR) is 129 cm³/mol. The van der Waals surface area contributed by atoms with Gasteiger partial charge in [0.1, 0.15) is 10.8 Å². The molecule has 0 radical (unpaired) electrons. The van der Waals surface area contributed by atoms with Gasteiger partial charge in [0.2, 0.25) is 0 Å². The number of carbonyl (C=O) groups excluding carboxylic acids is 1. The Bertz CT molecular complexity index is 1300. The number of furan rings is 1. The number of pyridine rings is 1. The highest BCUT2D eigenvalue weighted by atomic mass is 32.1. The third kappa shape index (κ3) is 4.95. The van der Waals surface area contributed by atoms with E-state index < -0.39 is 17.8 Å². The van der Waals surface area contributed by atoms with Gasteiger partial charge in [-0.05, 0) is 73.2 Å². The van der Waals surface area contributed by atoms with Crippen LogP contribution in [0.3, 0.4) is 0 Å². The first kappa shape index (κ1) is 23.2. The van der Waals surface area contributed by atoms with Crippen molar-refractivity contribution in [1.82, 2.24) is 4.98 Å². The van der Waals surface area contributed by atoms with Crippen LogP contribution in [0.1, 0.15) is 56.6 Å². The number of aromatic nitrogens is 1. The van der Waals surface area contributed by atoms with Crippen LogP contribution in [0.5, 0.6) is 0 Å². The van der Waals surface area contributed by atoms with Crippen LogP contribution in [-0.4, -0.2) is 10.9 Å². The number of hydrogen-bond donors (Lipinski definition) is 2. The second-order valence-corrected chi connectivity index (χ2v) is 9.40. The summed E-state index contributed by atoms with van der Waals surface area (Å²) in [5.74, 6) is 0.390. The summed E-state index contributed by atoms with van der Waals surface area (Å²) in [4.78, 5) is 18.4. The first-order valence-corrected chi connectivity index (χ1v) is 12.1. The molecule has 2 N–H and O–H groups in total. The highest BCUT2D eigenvalue weighted by Gasteiger charge is 2.32. The maximum Gasteiger partial charge on any atom is 0.416 e. The van der Waals surface area contributed by atoms with E-state index in [1.54, 1.807) is 30.5 Å². The second kappa shape index (κ2) is 9.58. The standard InChI is InChI=1S/C26H22F3N3O2S/c27-26(28,29)17-12-10-16(11-13-17)23(31-21-9-3-4-14-30-21)22-18-6-1-2-8-20(18)35-25(22)32-24(33)19-7-5-15-34-19/h3-5,7,9-15,23H,1-2,6,8H2,(H,30,31)(H,32,33)/t23-/m1/s1. The third-order valence-corrected chi connectivity index (χ3v) is 7.22. The number of rotatable bonds is 6. The van der Waals surface area contributed by atoms with Crippen LogP contribution in [0.4, 0.5) is 24.0 Å². The second-order valence-electron chi connectivity index (χ2n) is 8.30. The number of nitrogens with one attached hydrogen (secondary N) is 2. The number of aryl methyl sites for hydroxylation is 1. The van der Waals surface area contributed by atoms with Gasteiger partial charge < -0.3 is 15.1 Å². The van der Waals surface area contributed by atoms with Crippen molar-refractivity contribution >= 4 is 28.1 Å². The van der Waals surface area contributed by atoms with Crippen molar-refractivity contribution in [2.75, 3.05) is 10.6 Å². The van der Waals surface area contributed by atoms with E-state index in [1.807, 2.05) is 6.07 Å². The molecule has 180 valence electrons. The normalized spacial score (nSPS) is 14.3. The Morgan fingerprint density at radius 1 is 1.03 bits per heavy atom. The summed E-state index contributed by atoms with van der Waals surface area (Å²) in [5.41, 5.74) is 1.92. The van der Waals surface area contributed by atoms with Crippen LogP contribution in [-0.2, 0) is 19.0 Å². The first-order chi connectivity index (χ1) is 16.9. The Morgan fingerprint density at radius 3 is 2.51 bits per heavy atom. The van der Waals surface area contributed by atoms with Crippen molar-refractivity contribution in [3.63, 3.8) is 0 Å². The van der Waals surface area contributed by atoms with E-state index >= 15 is 0 Å². The van der Waals surface area contributed by atoms with Gasteiger partial charge in [-0.15, -0.1) is 11.3 Å². The zero-order valence-corrected chi connectivity index (χ0v) is 19.4. The maximum absolute atomic E-state index is 13.2. The molecule has 0 spiro atoms. The van der Waals surface area contributed by atoms with Crippen molar-refractivity contribution in [1.29, 1.82) is 0 Å². The van der Waals surface area contributed by atoms with Gasteiger partial charge in [0.25, 0.3) is 5.91 Å². The van der Waals surface area contributed by atoms with Crippen molar-refractivity contribution in [3.05, 3.63) is 99.9 Å². The Morgan fingerprint density at radius 2 is 1.83 bits per heavy atom. The molecule has 9 heteroatoms. The summed E-state index contributed by atoms with van der Waals surface area (Å²) in [5, 5.41) is 7.04. The largest absolute Gasteiger partial charge is 0.459 e. The van der Waals surface area contributed by atoms with E-state index in [0.717, 1.165) is 48.9 Å². The molecule has 0 bridgehead atoms. The molecule has 0 saturated carbocycles. The minimum atomic E-state index is -4.42. The highest BCUT2D eigenvalue weighted by molar-refractivity contribution is 7.16. The Hall–Kier alpha value is -3.59. The van der Waals surface area contributed by atoms with E-state index in [9.17, 15) is 18.0 Å². The molecular weight excluding hydrogens is 475 g/mol. The van der Waals surface area contributed by atoms with Crippen molar-refractivity contribution in [2.45, 2.75) is 37.9 Å². The minimum Gasteiger partial charge on any atom is -0.459 e. The number of fused-ring (bicyclic) bond motifs is 1. The van der Waals surface area contributed by atoms with E-state index in [2.05, 4.69) is 15.6 Å². The van der Waals surface area contributed by atoms with Crippen LogP contribution >= 0.6 is 11.3 Å². The van der Waals surface area contributed by atoms with Gasteiger partial charge in [-0.2, -0.15) is 13.2 Å². The van der Waals surface area contributed by atoms with E-state index in [4.69, 9.17) is 4.42 Å². The summed E-state index contributed by atoms with van der Waals surface area (Å²) in [6.07, 6.45) is 2.44. The SMILES string of the molecule is O=C(Nc1sc2c(c1[C@H](Nc1ccccn1)c1ccc(C(F)(F)F)cc1)CCCC2)c1ccco1. The topological polar surface area (TPSA) is 67.2 Å². The molecule has 35 heavy (non-hydrogen) atoms. The fraction of sp³-hybridized carbons (Fsp3) is 0.231. The van der Waals surface area contributed by atoms with Gasteiger partial charge in [-0.3, -0.25) is 4.79 Å². The molecule has 1 aromatic carbocycles. The summed E-state index contributed by atoms with van der Waals surface area (Å²) in [7, 11) is 0. The molecule has 5 nitrogen and oxygen atoms in total. The predicted octanol–water partition coefficient (Wildman–Crippen LogP) is 7.09. The highest BCUT2D eigenvalue weighted by Crippen LogP contribution is 2.45. The molecule has 1 aliphatic rings. The molecule has 0 fully saturated rings. The average molecular weight is 498 g/mol. The van der Waals surface area contributed by atoms with E-state index in [0.29, 0.717) is 16.4 Å². The fourth-order valence-corrected chi connectivity index (χ4v) is 5.67. The molecule has 1 atom stereocenters. The van der Waals surface area contributed by atoms with E-state index in [-0.39, 0.29) is 11.7 Å². The number of amides is 1. The monoisotopic (exact) mass is 497 g/mol. The molecule has 0 unspecified atom stereocenters. The van der Waals surface area contributed by atoms with Gasteiger partial charge in [0.05, 0.1) is 17.9 Å². The number of halogens is 3. The van der Waals surface area contributed by atoms with Gasteiger partial charge >= 0.3 is 6.18 Å². The minimum absolute atomic E-state index is 0.186. The van der Waals surface area contributed by atoms with Crippen molar-refractivity contribution in [3.8, 4) is 0 Å². The summed E-state index contributed by atoms with van der Waals surface area (Å²) < 4.78 is 44.9. The molecule has 5 rings (SSSR count). The Labute approximate surface area is 204 Å². The van der Waals surface area contributed by atoms with Gasteiger partial charge in [-0.25, -0.2) is 4.98 Å². The number of hydrogen-bond acceptors (Lipinski definition) is 5. The maximum atomic E-state index is 13.2. The number of anilines is 2. The average Bonchev–Trinajstić information content (AvgIpc) is 3.51. The molecule has 4 aromatic rings. The zero-order valence-electron chi connectivity index (χ0n) is 18.6. The number of nitrogens with zero attached hydrogens (tertiary/aromatic N) is 1. The molecule has 0 aliphatic heterocycles. The van der Waals surface area contributed by atoms with Crippen LogP contribution in [0.15, 0.2) is 71.5 Å². The lowest BCUT2D eigenvalue weighted by molar-refractivity contribution is -0.137. The molecule has 3 heterocycles. The number of benzene rings is 1. The molecule has 1 aliphatic carbocycles. The Balaban J connectivity index is 1.60. The smallest absolute Gasteiger partial charge is 0.416 e. The number of alkyl halides is 3. The lowest BCUT2D eigenvalue weighted by Crippen LogP contribution is -2.19. The van der Waals surface area contributed by atoms with Gasteiger partial charge in [-0.1, -0.05) is 18.2 Å². The summed E-state index contributed by atoms with van der Waals surface area (Å²) in [6.45, 7) is 0. The van der Waals surface area contributed by atoms with Gasteiger partial charge in [0, 0.05) is 16.6 Å². The van der Waals surface area contributed by atoms with Crippen LogP contribution in [0.2, 0.25) is 0 Å². The van der Waals surface area contributed by atoms with Gasteiger partial charge in [0.15, 0.2) is 5.76 Å². The van der Waals surface area contributed by atoms with Crippen molar-refractivity contribution in [2.24, 2.45) is 0 Å². The summed E-state index contributed by atoms with van der Waals surface area (Å²) in [6, 6.07) is 13.3. The Kier molecular flexibility index (Phi) is 6.34. The van der Waals surface area contributed by atoms with Crippen LogP contribution in [0, 0.1) is 0 Å². The number of carbonyl (C=O) groups is 1.